The number of nitro benzene ring substituents is 1. The van der Waals surface area contributed by atoms with E-state index in [4.69, 9.17) is 5.73 Å². The molecule has 1 aliphatic heterocycles. The van der Waals surface area contributed by atoms with Crippen LogP contribution in [-0.4, -0.2) is 37.0 Å². The quantitative estimate of drug-likeness (QED) is 0.642. The number of piperidine rings is 1. The number of benzene rings is 1. The minimum absolute atomic E-state index is 0.0428. The lowest BCUT2D eigenvalue weighted by Gasteiger charge is -2.36. The van der Waals surface area contributed by atoms with Gasteiger partial charge in [-0.15, -0.1) is 0 Å². The molecule has 1 saturated heterocycles. The predicted octanol–water partition coefficient (Wildman–Crippen LogP) is 1.13. The standard InChI is InChI=1S/C14H20N4O3/c1-9-8-17(6-5-11(9)15)12-4-3-10(14(19)16-2)7-13(12)18(20)21/h3-4,7,9,11H,5-6,8,15H2,1-2H3,(H,16,19). The van der Waals surface area contributed by atoms with Gasteiger partial charge in [-0.2, -0.15) is 0 Å². The van der Waals surface area contributed by atoms with Gasteiger partial charge >= 0.3 is 0 Å². The number of hydrogen-bond acceptors (Lipinski definition) is 5. The Morgan fingerprint density at radius 3 is 2.81 bits per heavy atom. The molecule has 3 N–H and O–H groups in total. The zero-order chi connectivity index (χ0) is 15.6. The molecule has 2 atom stereocenters. The Labute approximate surface area is 123 Å². The van der Waals surface area contributed by atoms with Gasteiger partial charge in [-0.3, -0.25) is 14.9 Å². The zero-order valence-corrected chi connectivity index (χ0v) is 12.2. The summed E-state index contributed by atoms with van der Waals surface area (Å²) < 4.78 is 0. The first-order valence-corrected chi connectivity index (χ1v) is 6.95. The molecule has 0 aromatic heterocycles. The van der Waals surface area contributed by atoms with Crippen LogP contribution in [0.5, 0.6) is 0 Å². The SMILES string of the molecule is CNC(=O)c1ccc(N2CCC(N)C(C)C2)c([N+](=O)[O-])c1. The van der Waals surface area contributed by atoms with Crippen molar-refractivity contribution < 1.29 is 9.72 Å². The van der Waals surface area contributed by atoms with Gasteiger partial charge in [0.05, 0.1) is 4.92 Å². The summed E-state index contributed by atoms with van der Waals surface area (Å²) in [5, 5.41) is 13.8. The fourth-order valence-electron chi connectivity index (χ4n) is 2.61. The highest BCUT2D eigenvalue weighted by Crippen LogP contribution is 2.32. The van der Waals surface area contributed by atoms with Crippen LogP contribution in [0.25, 0.3) is 0 Å². The maximum absolute atomic E-state index is 11.6. The molecule has 1 aromatic carbocycles. The molecule has 0 spiro atoms. The molecule has 0 radical (unpaired) electrons. The second kappa shape index (κ2) is 6.09. The second-order valence-electron chi connectivity index (χ2n) is 5.42. The number of nitrogens with one attached hydrogen (secondary N) is 1. The van der Waals surface area contributed by atoms with Crippen LogP contribution in [0.1, 0.15) is 23.7 Å². The van der Waals surface area contributed by atoms with E-state index >= 15 is 0 Å². The molecule has 0 saturated carbocycles. The van der Waals surface area contributed by atoms with Gasteiger partial charge in [0, 0.05) is 37.8 Å². The number of nitrogens with zero attached hydrogens (tertiary/aromatic N) is 2. The van der Waals surface area contributed by atoms with Crippen LogP contribution in [0.2, 0.25) is 0 Å². The van der Waals surface area contributed by atoms with E-state index in [-0.39, 0.29) is 29.1 Å². The van der Waals surface area contributed by atoms with Gasteiger partial charge in [-0.05, 0) is 24.5 Å². The summed E-state index contributed by atoms with van der Waals surface area (Å²) in [6, 6.07) is 4.71. The second-order valence-corrected chi connectivity index (χ2v) is 5.42. The van der Waals surface area contributed by atoms with Crippen LogP contribution in [-0.2, 0) is 0 Å². The summed E-state index contributed by atoms with van der Waals surface area (Å²) in [4.78, 5) is 24.4. The fourth-order valence-corrected chi connectivity index (χ4v) is 2.61. The molecule has 21 heavy (non-hydrogen) atoms. The number of carbonyl (C=O) groups is 1. The number of nitro groups is 1. The summed E-state index contributed by atoms with van der Waals surface area (Å²) in [5.74, 6) is -0.0596. The topological polar surface area (TPSA) is 102 Å². The Morgan fingerprint density at radius 2 is 2.24 bits per heavy atom. The maximum atomic E-state index is 11.6. The van der Waals surface area contributed by atoms with Crippen molar-refractivity contribution in [3.05, 3.63) is 33.9 Å². The minimum atomic E-state index is -0.443. The smallest absolute Gasteiger partial charge is 0.293 e. The van der Waals surface area contributed by atoms with Gasteiger partial charge in [-0.1, -0.05) is 6.92 Å². The lowest BCUT2D eigenvalue weighted by Crippen LogP contribution is -2.46. The fraction of sp³-hybridized carbons (Fsp3) is 0.500. The van der Waals surface area contributed by atoms with E-state index in [9.17, 15) is 14.9 Å². The Kier molecular flexibility index (Phi) is 4.42. The van der Waals surface area contributed by atoms with E-state index in [1.165, 1.54) is 13.1 Å². The molecular formula is C14H20N4O3. The molecule has 1 amide bonds. The van der Waals surface area contributed by atoms with Crippen LogP contribution in [0, 0.1) is 16.0 Å². The number of carbonyl (C=O) groups excluding carboxylic acids is 1. The zero-order valence-electron chi connectivity index (χ0n) is 12.2. The molecule has 1 aliphatic rings. The lowest BCUT2D eigenvalue weighted by atomic mass is 9.94. The molecule has 1 aromatic rings. The molecule has 2 unspecified atom stereocenters. The maximum Gasteiger partial charge on any atom is 0.293 e. The first-order chi connectivity index (χ1) is 9.93. The third-order valence-electron chi connectivity index (χ3n) is 3.97. The van der Waals surface area contributed by atoms with Gasteiger partial charge in [0.15, 0.2) is 0 Å². The van der Waals surface area contributed by atoms with Crippen molar-refractivity contribution >= 4 is 17.3 Å². The highest BCUT2D eigenvalue weighted by atomic mass is 16.6. The van der Waals surface area contributed by atoms with E-state index in [1.54, 1.807) is 12.1 Å². The van der Waals surface area contributed by atoms with Gasteiger partial charge < -0.3 is 16.0 Å². The number of rotatable bonds is 3. The van der Waals surface area contributed by atoms with E-state index in [0.717, 1.165) is 6.42 Å². The van der Waals surface area contributed by atoms with Gasteiger partial charge in [0.1, 0.15) is 5.69 Å². The molecule has 1 fully saturated rings. The summed E-state index contributed by atoms with van der Waals surface area (Å²) >= 11 is 0. The molecule has 0 bridgehead atoms. The van der Waals surface area contributed by atoms with Gasteiger partial charge in [0.25, 0.3) is 11.6 Å². The Bertz CT molecular complexity index is 561. The van der Waals surface area contributed by atoms with Crippen molar-refractivity contribution in [3.8, 4) is 0 Å². The number of anilines is 1. The highest BCUT2D eigenvalue weighted by molar-refractivity contribution is 5.95. The van der Waals surface area contributed by atoms with E-state index in [1.807, 2.05) is 11.8 Å². The first kappa shape index (κ1) is 15.2. The predicted molar refractivity (Wildman–Crippen MR) is 80.5 cm³/mol. The number of hydrogen-bond donors (Lipinski definition) is 2. The van der Waals surface area contributed by atoms with Crippen molar-refractivity contribution in [1.82, 2.24) is 5.32 Å². The van der Waals surface area contributed by atoms with Crippen LogP contribution in [0.4, 0.5) is 11.4 Å². The molecule has 0 aliphatic carbocycles. The summed E-state index contributed by atoms with van der Waals surface area (Å²) in [6.07, 6.45) is 0.801. The first-order valence-electron chi connectivity index (χ1n) is 6.95. The summed E-state index contributed by atoms with van der Waals surface area (Å²) in [6.45, 7) is 3.41. The van der Waals surface area contributed by atoms with Crippen molar-refractivity contribution in [2.24, 2.45) is 11.7 Å². The average molecular weight is 292 g/mol. The molecule has 7 nitrogen and oxygen atoms in total. The van der Waals surface area contributed by atoms with Crippen LogP contribution < -0.4 is 16.0 Å². The molecule has 1 heterocycles. The summed E-state index contributed by atoms with van der Waals surface area (Å²) in [7, 11) is 1.50. The van der Waals surface area contributed by atoms with Crippen molar-refractivity contribution in [1.29, 1.82) is 0 Å². The largest absolute Gasteiger partial charge is 0.366 e. The average Bonchev–Trinajstić information content (AvgIpc) is 2.48. The number of amides is 1. The van der Waals surface area contributed by atoms with E-state index < -0.39 is 4.92 Å². The van der Waals surface area contributed by atoms with Crippen molar-refractivity contribution in [2.45, 2.75) is 19.4 Å². The van der Waals surface area contributed by atoms with Gasteiger partial charge in [0.2, 0.25) is 0 Å². The molecule has 7 heteroatoms. The van der Waals surface area contributed by atoms with Crippen LogP contribution in [0.15, 0.2) is 18.2 Å². The Morgan fingerprint density at radius 1 is 1.52 bits per heavy atom. The molecular weight excluding hydrogens is 272 g/mol. The molecule has 2 rings (SSSR count). The van der Waals surface area contributed by atoms with Crippen molar-refractivity contribution in [2.75, 3.05) is 25.0 Å². The third kappa shape index (κ3) is 3.13. The van der Waals surface area contributed by atoms with E-state index in [0.29, 0.717) is 18.8 Å². The van der Waals surface area contributed by atoms with Crippen LogP contribution in [0.3, 0.4) is 0 Å². The Hall–Kier alpha value is -2.15. The Balaban J connectivity index is 2.35. The van der Waals surface area contributed by atoms with Gasteiger partial charge in [-0.25, -0.2) is 0 Å². The highest BCUT2D eigenvalue weighted by Gasteiger charge is 2.28. The minimum Gasteiger partial charge on any atom is -0.366 e. The third-order valence-corrected chi connectivity index (χ3v) is 3.97. The van der Waals surface area contributed by atoms with Crippen LogP contribution >= 0.6 is 0 Å². The van der Waals surface area contributed by atoms with Crippen molar-refractivity contribution in [3.63, 3.8) is 0 Å². The normalized spacial score (nSPS) is 22.0. The number of nitrogens with two attached hydrogens (primary N) is 1. The lowest BCUT2D eigenvalue weighted by molar-refractivity contribution is -0.384. The molecule has 114 valence electrons. The van der Waals surface area contributed by atoms with E-state index in [2.05, 4.69) is 5.32 Å². The summed E-state index contributed by atoms with van der Waals surface area (Å²) in [5.41, 5.74) is 6.78. The monoisotopic (exact) mass is 292 g/mol.